The van der Waals surface area contributed by atoms with E-state index < -0.39 is 0 Å². The molecule has 0 nitrogen and oxygen atoms in total. The zero-order chi connectivity index (χ0) is 10.9. The largest absolute Gasteiger partial charge is 0.143 e. The Morgan fingerprint density at radius 3 is 2.53 bits per heavy atom. The normalized spacial score (nSPS) is 11.9. The molecule has 2 aromatic rings. The molecule has 2 heterocycles. The lowest BCUT2D eigenvalue weighted by atomic mass is 9.89. The highest BCUT2D eigenvalue weighted by Gasteiger charge is 2.20. The fourth-order valence-electron chi connectivity index (χ4n) is 1.43. The highest BCUT2D eigenvalue weighted by molar-refractivity contribution is 7.21. The molecule has 2 heteroatoms. The molecule has 0 atom stereocenters. The van der Waals surface area contributed by atoms with Crippen molar-refractivity contribution in [3.05, 3.63) is 34.5 Å². The lowest BCUT2D eigenvalue weighted by molar-refractivity contribution is 0.517. The molecule has 15 heavy (non-hydrogen) atoms. The van der Waals surface area contributed by atoms with Gasteiger partial charge in [0.1, 0.15) is 0 Å². The van der Waals surface area contributed by atoms with Gasteiger partial charge in [0.2, 0.25) is 0 Å². The van der Waals surface area contributed by atoms with Gasteiger partial charge in [-0.1, -0.05) is 26.8 Å². The van der Waals surface area contributed by atoms with Gasteiger partial charge in [-0.3, -0.25) is 0 Å². The zero-order valence-corrected chi connectivity index (χ0v) is 11.0. The average Bonchev–Trinajstić information content (AvgIpc) is 2.88. The molecule has 0 aliphatic rings. The zero-order valence-electron chi connectivity index (χ0n) is 9.41. The molecule has 0 fully saturated rings. The quantitative estimate of drug-likeness (QED) is 0.690. The van der Waals surface area contributed by atoms with Crippen molar-refractivity contribution in [3.8, 4) is 9.75 Å². The van der Waals surface area contributed by atoms with Crippen molar-refractivity contribution in [2.45, 2.75) is 32.6 Å². The molecule has 80 valence electrons. The maximum atomic E-state index is 2.32. The van der Waals surface area contributed by atoms with E-state index in [0.717, 1.165) is 0 Å². The van der Waals surface area contributed by atoms with E-state index in [0.29, 0.717) is 5.41 Å². The van der Waals surface area contributed by atoms with Crippen molar-refractivity contribution in [1.29, 1.82) is 0 Å². The van der Waals surface area contributed by atoms with Crippen LogP contribution in [0.4, 0.5) is 0 Å². The molecule has 0 aliphatic carbocycles. The minimum absolute atomic E-state index is 0.320. The lowest BCUT2D eigenvalue weighted by Crippen LogP contribution is -2.12. The Hall–Kier alpha value is -0.600. The second-order valence-corrected chi connectivity index (χ2v) is 6.41. The van der Waals surface area contributed by atoms with Crippen LogP contribution in [0.1, 0.15) is 32.1 Å². The van der Waals surface area contributed by atoms with Gasteiger partial charge in [-0.15, -0.1) is 22.7 Å². The van der Waals surface area contributed by atoms with Gasteiger partial charge < -0.3 is 0 Å². The first kappa shape index (κ1) is 10.9. The van der Waals surface area contributed by atoms with E-state index in [1.807, 2.05) is 22.7 Å². The van der Waals surface area contributed by atoms with E-state index in [-0.39, 0.29) is 0 Å². The van der Waals surface area contributed by atoms with Crippen LogP contribution in [-0.4, -0.2) is 0 Å². The predicted molar refractivity (Wildman–Crippen MR) is 70.9 cm³/mol. The average molecular weight is 236 g/mol. The van der Waals surface area contributed by atoms with Gasteiger partial charge in [-0.05, 0) is 35.4 Å². The standard InChI is InChI=1S/C13H16S2/c1-4-13(2,3)12-8-7-11(15-12)10-6-5-9-14-10/h5-9H,4H2,1-3H3. The second kappa shape index (κ2) is 4.11. The molecule has 0 spiro atoms. The molecule has 0 amide bonds. The summed E-state index contributed by atoms with van der Waals surface area (Å²) in [5, 5.41) is 2.14. The summed E-state index contributed by atoms with van der Waals surface area (Å²) in [5.41, 5.74) is 0.320. The molecule has 0 aliphatic heterocycles. The lowest BCUT2D eigenvalue weighted by Gasteiger charge is -2.20. The fraction of sp³-hybridized carbons (Fsp3) is 0.385. The van der Waals surface area contributed by atoms with Crippen LogP contribution < -0.4 is 0 Å². The van der Waals surface area contributed by atoms with Crippen molar-refractivity contribution in [2.24, 2.45) is 0 Å². The van der Waals surface area contributed by atoms with Crippen LogP contribution in [0.3, 0.4) is 0 Å². The third kappa shape index (κ3) is 2.16. The molecule has 0 bridgehead atoms. The van der Waals surface area contributed by atoms with Gasteiger partial charge in [-0.2, -0.15) is 0 Å². The van der Waals surface area contributed by atoms with Crippen LogP contribution in [0.15, 0.2) is 29.6 Å². The Kier molecular flexibility index (Phi) is 2.98. The van der Waals surface area contributed by atoms with E-state index in [4.69, 9.17) is 0 Å². The molecule has 0 aromatic carbocycles. The first-order chi connectivity index (χ1) is 7.13. The van der Waals surface area contributed by atoms with Crippen LogP contribution in [0.2, 0.25) is 0 Å². The number of hydrogen-bond acceptors (Lipinski definition) is 2. The maximum absolute atomic E-state index is 2.32. The van der Waals surface area contributed by atoms with Crippen LogP contribution >= 0.6 is 22.7 Å². The molecule has 2 rings (SSSR count). The molecular weight excluding hydrogens is 220 g/mol. The van der Waals surface area contributed by atoms with Gasteiger partial charge in [0, 0.05) is 14.6 Å². The van der Waals surface area contributed by atoms with Gasteiger partial charge in [0.15, 0.2) is 0 Å². The molecule has 0 radical (unpaired) electrons. The predicted octanol–water partition coefficient (Wildman–Crippen LogP) is 5.16. The smallest absolute Gasteiger partial charge is 0.0445 e. The SMILES string of the molecule is CCC(C)(C)c1ccc(-c2cccs2)s1. The summed E-state index contributed by atoms with van der Waals surface area (Å²) in [6.45, 7) is 6.89. The Bertz CT molecular complexity index is 421. The molecule has 0 unspecified atom stereocenters. The van der Waals surface area contributed by atoms with Crippen molar-refractivity contribution in [2.75, 3.05) is 0 Å². The van der Waals surface area contributed by atoms with E-state index in [1.165, 1.54) is 21.1 Å². The summed E-state index contributed by atoms with van der Waals surface area (Å²) in [7, 11) is 0. The summed E-state index contributed by atoms with van der Waals surface area (Å²) in [6.07, 6.45) is 1.19. The highest BCUT2D eigenvalue weighted by Crippen LogP contribution is 2.38. The van der Waals surface area contributed by atoms with Gasteiger partial charge in [0.05, 0.1) is 0 Å². The van der Waals surface area contributed by atoms with Crippen molar-refractivity contribution in [1.82, 2.24) is 0 Å². The first-order valence-corrected chi connectivity index (χ1v) is 6.97. The van der Waals surface area contributed by atoms with E-state index >= 15 is 0 Å². The minimum Gasteiger partial charge on any atom is -0.143 e. The van der Waals surface area contributed by atoms with Crippen LogP contribution in [0, 0.1) is 0 Å². The third-order valence-corrected chi connectivity index (χ3v) is 5.44. The van der Waals surface area contributed by atoms with Gasteiger partial charge in [0.25, 0.3) is 0 Å². The summed E-state index contributed by atoms with van der Waals surface area (Å²) in [4.78, 5) is 4.29. The van der Waals surface area contributed by atoms with Crippen LogP contribution in [-0.2, 0) is 5.41 Å². The summed E-state index contributed by atoms with van der Waals surface area (Å²) in [5.74, 6) is 0. The van der Waals surface area contributed by atoms with Crippen LogP contribution in [0.25, 0.3) is 9.75 Å². The van der Waals surface area contributed by atoms with Crippen molar-refractivity contribution < 1.29 is 0 Å². The van der Waals surface area contributed by atoms with E-state index in [1.54, 1.807) is 0 Å². The summed E-state index contributed by atoms with van der Waals surface area (Å²) >= 11 is 3.75. The third-order valence-electron chi connectivity index (χ3n) is 2.92. The Morgan fingerprint density at radius 2 is 1.93 bits per heavy atom. The molecule has 0 saturated heterocycles. The summed E-state index contributed by atoms with van der Waals surface area (Å²) < 4.78 is 0. The highest BCUT2D eigenvalue weighted by atomic mass is 32.1. The number of thiophene rings is 2. The Morgan fingerprint density at radius 1 is 1.13 bits per heavy atom. The molecule has 0 saturated carbocycles. The first-order valence-electron chi connectivity index (χ1n) is 5.27. The molecular formula is C13H16S2. The van der Waals surface area contributed by atoms with E-state index in [2.05, 4.69) is 50.4 Å². The Labute approximate surface area is 99.6 Å². The Balaban J connectivity index is 2.33. The number of hydrogen-bond donors (Lipinski definition) is 0. The second-order valence-electron chi connectivity index (χ2n) is 4.38. The molecule has 2 aromatic heterocycles. The maximum Gasteiger partial charge on any atom is 0.0445 e. The topological polar surface area (TPSA) is 0 Å². The van der Waals surface area contributed by atoms with Crippen molar-refractivity contribution >= 4 is 22.7 Å². The monoisotopic (exact) mass is 236 g/mol. The summed E-state index contributed by atoms with van der Waals surface area (Å²) in [6, 6.07) is 8.84. The van der Waals surface area contributed by atoms with Crippen LogP contribution in [0.5, 0.6) is 0 Å². The number of rotatable bonds is 3. The van der Waals surface area contributed by atoms with Gasteiger partial charge >= 0.3 is 0 Å². The van der Waals surface area contributed by atoms with E-state index in [9.17, 15) is 0 Å². The fourth-order valence-corrected chi connectivity index (χ4v) is 3.44. The van der Waals surface area contributed by atoms with Crippen molar-refractivity contribution in [3.63, 3.8) is 0 Å². The minimum atomic E-state index is 0.320. The molecule has 0 N–H and O–H groups in total. The van der Waals surface area contributed by atoms with Gasteiger partial charge in [-0.25, -0.2) is 0 Å².